The molecule has 1 saturated heterocycles. The normalized spacial score (nSPS) is 41.6. The maximum atomic E-state index is 10.6. The van der Waals surface area contributed by atoms with Crippen LogP contribution in [0.4, 0.5) is 0 Å². The molecule has 0 aromatic heterocycles. The third kappa shape index (κ3) is 2.32. The van der Waals surface area contributed by atoms with Gasteiger partial charge in [-0.05, 0) is 0 Å². The lowest BCUT2D eigenvalue weighted by Crippen LogP contribution is -2.21. The van der Waals surface area contributed by atoms with E-state index in [1.807, 2.05) is 0 Å². The standard InChI is InChI=1S/C4H8BrO4P/c5-1-4-2-8-10(6,7)9-3-4/h4H,1-3H2,(H,6,7). The molecule has 60 valence electrons. The van der Waals surface area contributed by atoms with E-state index in [0.29, 0.717) is 13.2 Å². The van der Waals surface area contributed by atoms with Crippen molar-refractivity contribution < 1.29 is 18.5 Å². The number of hydrogen-bond acceptors (Lipinski definition) is 3. The van der Waals surface area contributed by atoms with Gasteiger partial charge < -0.3 is 4.89 Å². The second kappa shape index (κ2) is 3.32. The maximum absolute atomic E-state index is 10.6. The molecule has 0 radical (unpaired) electrons. The first kappa shape index (κ1) is 8.68. The number of hydrogen-bond donors (Lipinski definition) is 1. The smallest absolute Gasteiger partial charge is 0.302 e. The van der Waals surface area contributed by atoms with Crippen LogP contribution in [-0.4, -0.2) is 23.4 Å². The number of halogens is 1. The molecule has 0 saturated carbocycles. The van der Waals surface area contributed by atoms with E-state index in [-0.39, 0.29) is 5.92 Å². The van der Waals surface area contributed by atoms with Gasteiger partial charge >= 0.3 is 7.82 Å². The number of alkyl halides is 1. The van der Waals surface area contributed by atoms with Gasteiger partial charge in [-0.3, -0.25) is 9.05 Å². The Kier molecular flexibility index (Phi) is 2.89. The Balaban J connectivity index is 2.38. The summed E-state index contributed by atoms with van der Waals surface area (Å²) >= 11 is 3.22. The monoisotopic (exact) mass is 230 g/mol. The van der Waals surface area contributed by atoms with E-state index in [1.54, 1.807) is 0 Å². The lowest BCUT2D eigenvalue weighted by Gasteiger charge is -2.23. The predicted octanol–water partition coefficient (Wildman–Crippen LogP) is 1.14. The van der Waals surface area contributed by atoms with Gasteiger partial charge in [0.15, 0.2) is 0 Å². The van der Waals surface area contributed by atoms with Crippen LogP contribution in [0.15, 0.2) is 0 Å². The fraction of sp³-hybridized carbons (Fsp3) is 1.00. The second-order valence-corrected chi connectivity index (χ2v) is 4.18. The van der Waals surface area contributed by atoms with Crippen molar-refractivity contribution in [3.05, 3.63) is 0 Å². The third-order valence-electron chi connectivity index (χ3n) is 1.16. The lowest BCUT2D eigenvalue weighted by atomic mass is 10.2. The van der Waals surface area contributed by atoms with Crippen LogP contribution in [0.1, 0.15) is 0 Å². The first-order chi connectivity index (χ1) is 4.64. The molecule has 1 aliphatic rings. The number of rotatable bonds is 1. The van der Waals surface area contributed by atoms with Gasteiger partial charge in [0.1, 0.15) is 0 Å². The molecule has 0 aromatic rings. The Labute approximate surface area is 67.3 Å². The summed E-state index contributed by atoms with van der Waals surface area (Å²) in [6, 6.07) is 0. The van der Waals surface area contributed by atoms with Gasteiger partial charge in [0.25, 0.3) is 0 Å². The minimum absolute atomic E-state index is 0.189. The molecule has 0 aromatic carbocycles. The zero-order valence-electron chi connectivity index (χ0n) is 5.20. The Morgan fingerprint density at radius 3 is 2.50 bits per heavy atom. The van der Waals surface area contributed by atoms with Crippen LogP contribution in [0.2, 0.25) is 0 Å². The predicted molar refractivity (Wildman–Crippen MR) is 39.0 cm³/mol. The fourth-order valence-corrected chi connectivity index (χ4v) is 1.82. The van der Waals surface area contributed by atoms with E-state index in [2.05, 4.69) is 25.0 Å². The van der Waals surface area contributed by atoms with E-state index >= 15 is 0 Å². The molecule has 0 unspecified atom stereocenters. The van der Waals surface area contributed by atoms with Crippen LogP contribution in [0.5, 0.6) is 0 Å². The van der Waals surface area contributed by atoms with Crippen molar-refractivity contribution >= 4 is 23.8 Å². The molecule has 6 heteroatoms. The van der Waals surface area contributed by atoms with E-state index in [9.17, 15) is 4.57 Å². The molecule has 0 aliphatic carbocycles. The molecule has 1 fully saturated rings. The lowest BCUT2D eigenvalue weighted by molar-refractivity contribution is 0.0673. The van der Waals surface area contributed by atoms with Crippen molar-refractivity contribution in [1.29, 1.82) is 0 Å². The average Bonchev–Trinajstić information content (AvgIpc) is 1.88. The molecule has 1 rings (SSSR count). The van der Waals surface area contributed by atoms with Gasteiger partial charge in [0.2, 0.25) is 0 Å². The van der Waals surface area contributed by atoms with Crippen molar-refractivity contribution in [3.8, 4) is 0 Å². The van der Waals surface area contributed by atoms with Crippen molar-refractivity contribution in [2.75, 3.05) is 18.5 Å². The first-order valence-corrected chi connectivity index (χ1v) is 5.43. The molecular weight excluding hydrogens is 223 g/mol. The van der Waals surface area contributed by atoms with Crippen molar-refractivity contribution in [1.82, 2.24) is 0 Å². The molecule has 0 spiro atoms. The quantitative estimate of drug-likeness (QED) is 0.543. The van der Waals surface area contributed by atoms with Crippen LogP contribution in [0.3, 0.4) is 0 Å². The van der Waals surface area contributed by atoms with Crippen LogP contribution in [-0.2, 0) is 13.6 Å². The van der Waals surface area contributed by atoms with E-state index < -0.39 is 7.82 Å². The Morgan fingerprint density at radius 1 is 1.60 bits per heavy atom. The summed E-state index contributed by atoms with van der Waals surface area (Å²) in [5.74, 6) is 0.189. The van der Waals surface area contributed by atoms with Crippen LogP contribution in [0.25, 0.3) is 0 Å². The van der Waals surface area contributed by atoms with Gasteiger partial charge in [-0.25, -0.2) is 4.57 Å². The summed E-state index contributed by atoms with van der Waals surface area (Å²) in [5.41, 5.74) is 0. The molecule has 1 N–H and O–H groups in total. The van der Waals surface area contributed by atoms with Gasteiger partial charge in [-0.15, -0.1) is 0 Å². The van der Waals surface area contributed by atoms with Crippen molar-refractivity contribution in [2.45, 2.75) is 0 Å². The summed E-state index contributed by atoms with van der Waals surface area (Å²) < 4.78 is 19.6. The highest BCUT2D eigenvalue weighted by molar-refractivity contribution is 9.09. The molecule has 0 amide bonds. The highest BCUT2D eigenvalue weighted by Gasteiger charge is 2.29. The van der Waals surface area contributed by atoms with E-state index in [4.69, 9.17) is 4.89 Å². The highest BCUT2D eigenvalue weighted by Crippen LogP contribution is 2.46. The maximum Gasteiger partial charge on any atom is 0.472 e. The SMILES string of the molecule is O=P1(O)OCC(CBr)CO1. The minimum Gasteiger partial charge on any atom is -0.302 e. The first-order valence-electron chi connectivity index (χ1n) is 2.82. The number of phosphoric acid groups is 1. The summed E-state index contributed by atoms with van der Waals surface area (Å²) in [4.78, 5) is 8.68. The summed E-state index contributed by atoms with van der Waals surface area (Å²) in [5, 5.41) is 0.729. The Morgan fingerprint density at radius 2 is 2.10 bits per heavy atom. The molecule has 10 heavy (non-hydrogen) atoms. The van der Waals surface area contributed by atoms with Crippen LogP contribution in [0, 0.1) is 5.92 Å². The zero-order valence-corrected chi connectivity index (χ0v) is 7.68. The zero-order chi connectivity index (χ0) is 7.61. The van der Waals surface area contributed by atoms with Gasteiger partial charge in [-0.1, -0.05) is 15.9 Å². The fourth-order valence-electron chi connectivity index (χ4n) is 0.574. The van der Waals surface area contributed by atoms with Crippen molar-refractivity contribution in [3.63, 3.8) is 0 Å². The summed E-state index contributed by atoms with van der Waals surface area (Å²) in [6.45, 7) is 0.581. The summed E-state index contributed by atoms with van der Waals surface area (Å²) in [7, 11) is -3.66. The molecule has 4 nitrogen and oxygen atoms in total. The minimum atomic E-state index is -3.66. The average molecular weight is 231 g/mol. The van der Waals surface area contributed by atoms with Gasteiger partial charge in [-0.2, -0.15) is 0 Å². The van der Waals surface area contributed by atoms with Crippen LogP contribution < -0.4 is 0 Å². The third-order valence-corrected chi connectivity index (χ3v) is 3.03. The van der Waals surface area contributed by atoms with E-state index in [1.165, 1.54) is 0 Å². The largest absolute Gasteiger partial charge is 0.472 e. The summed E-state index contributed by atoms with van der Waals surface area (Å²) in [6.07, 6.45) is 0. The Hall–Kier alpha value is 0.590. The van der Waals surface area contributed by atoms with Crippen molar-refractivity contribution in [2.24, 2.45) is 5.92 Å². The molecule has 1 aliphatic heterocycles. The molecule has 0 atom stereocenters. The van der Waals surface area contributed by atoms with Crippen LogP contribution >= 0.6 is 23.8 Å². The second-order valence-electron chi connectivity index (χ2n) is 2.08. The molecule has 0 bridgehead atoms. The van der Waals surface area contributed by atoms with Gasteiger partial charge in [0.05, 0.1) is 13.2 Å². The topological polar surface area (TPSA) is 55.8 Å². The molecule has 1 heterocycles. The number of phosphoric ester groups is 1. The Bertz CT molecular complexity index is 149. The highest BCUT2D eigenvalue weighted by atomic mass is 79.9. The van der Waals surface area contributed by atoms with E-state index in [0.717, 1.165) is 5.33 Å². The molecular formula is C4H8BrO4P. The van der Waals surface area contributed by atoms with Gasteiger partial charge in [0, 0.05) is 11.2 Å².